The second-order valence-electron chi connectivity index (χ2n) is 3.79. The number of nitrogens with zero attached hydrogens (tertiary/aromatic N) is 1. The zero-order valence-electron chi connectivity index (χ0n) is 10.1. The van der Waals surface area contributed by atoms with E-state index < -0.39 is 10.7 Å². The molecule has 0 aliphatic carbocycles. The van der Waals surface area contributed by atoms with Crippen LogP contribution in [0.25, 0.3) is 0 Å². The third kappa shape index (κ3) is 3.29. The lowest BCUT2D eigenvalue weighted by Crippen LogP contribution is -1.97. The minimum atomic E-state index is -0.604. The van der Waals surface area contributed by atoms with E-state index in [2.05, 4.69) is 5.32 Å². The van der Waals surface area contributed by atoms with Gasteiger partial charge in [-0.05, 0) is 24.3 Å². The summed E-state index contributed by atoms with van der Waals surface area (Å²) in [4.78, 5) is 20.6. The Balaban J connectivity index is 2.32. The van der Waals surface area contributed by atoms with Crippen LogP contribution in [-0.2, 0) is 4.79 Å². The molecule has 0 fully saturated rings. The highest BCUT2D eigenvalue weighted by Gasteiger charge is 2.11. The third-order valence-electron chi connectivity index (χ3n) is 2.38. The first-order chi connectivity index (χ1) is 9.58. The number of nitro groups is 1. The van der Waals surface area contributed by atoms with Crippen molar-refractivity contribution < 1.29 is 18.8 Å². The van der Waals surface area contributed by atoms with Gasteiger partial charge < -0.3 is 10.1 Å². The molecule has 0 saturated carbocycles. The predicted molar refractivity (Wildman–Crippen MR) is 69.3 cm³/mol. The van der Waals surface area contributed by atoms with Gasteiger partial charge in [-0.1, -0.05) is 0 Å². The fraction of sp³-hybridized carbons (Fsp3) is 0. The topological polar surface area (TPSA) is 81.5 Å². The number of benzene rings is 2. The van der Waals surface area contributed by atoms with Gasteiger partial charge in [-0.2, -0.15) is 0 Å². The Bertz CT molecular complexity index is 643. The lowest BCUT2D eigenvalue weighted by atomic mass is 10.2. The summed E-state index contributed by atoms with van der Waals surface area (Å²) in [5, 5.41) is 13.1. The first kappa shape index (κ1) is 13.5. The molecule has 2 aromatic carbocycles. The van der Waals surface area contributed by atoms with Gasteiger partial charge in [0.25, 0.3) is 5.69 Å². The molecule has 2 aromatic rings. The van der Waals surface area contributed by atoms with Gasteiger partial charge in [-0.15, -0.1) is 0 Å². The molecule has 1 N–H and O–H groups in total. The first-order valence-corrected chi connectivity index (χ1v) is 5.51. The molecule has 0 aliphatic heterocycles. The van der Waals surface area contributed by atoms with Crippen molar-refractivity contribution >= 4 is 17.8 Å². The van der Waals surface area contributed by atoms with Gasteiger partial charge >= 0.3 is 0 Å². The van der Waals surface area contributed by atoms with Crippen LogP contribution in [0.4, 0.5) is 15.8 Å². The maximum absolute atomic E-state index is 12.8. The lowest BCUT2D eigenvalue weighted by molar-refractivity contribution is -0.384. The molecule has 0 bridgehead atoms. The number of rotatable bonds is 5. The highest BCUT2D eigenvalue weighted by Crippen LogP contribution is 2.29. The van der Waals surface area contributed by atoms with Crippen molar-refractivity contribution in [2.24, 2.45) is 0 Å². The molecule has 2 rings (SSSR count). The average molecular weight is 276 g/mol. The fourth-order valence-corrected chi connectivity index (χ4v) is 1.54. The van der Waals surface area contributed by atoms with Crippen molar-refractivity contribution in [3.8, 4) is 11.5 Å². The molecule has 7 heteroatoms. The summed E-state index contributed by atoms with van der Waals surface area (Å²) in [5.74, 6) is 0.0683. The number of nitrogens with one attached hydrogen (secondary N) is 1. The molecule has 1 amide bonds. The Hall–Kier alpha value is -2.96. The van der Waals surface area contributed by atoms with Crippen molar-refractivity contribution in [1.82, 2.24) is 0 Å². The van der Waals surface area contributed by atoms with Crippen LogP contribution >= 0.6 is 0 Å². The Morgan fingerprint density at radius 1 is 1.15 bits per heavy atom. The van der Waals surface area contributed by atoms with E-state index >= 15 is 0 Å². The number of hydrogen-bond donors (Lipinski definition) is 1. The molecule has 0 saturated heterocycles. The van der Waals surface area contributed by atoms with Gasteiger partial charge in [0.2, 0.25) is 6.41 Å². The number of anilines is 1. The van der Waals surface area contributed by atoms with Crippen molar-refractivity contribution in [2.75, 3.05) is 5.32 Å². The van der Waals surface area contributed by atoms with Crippen molar-refractivity contribution in [2.45, 2.75) is 0 Å². The maximum Gasteiger partial charge on any atom is 0.275 e. The molecule has 0 spiro atoms. The lowest BCUT2D eigenvalue weighted by Gasteiger charge is -2.07. The van der Waals surface area contributed by atoms with Gasteiger partial charge in [-0.3, -0.25) is 14.9 Å². The summed E-state index contributed by atoms with van der Waals surface area (Å²) < 4.78 is 18.2. The number of carbonyl (C=O) groups is 1. The largest absolute Gasteiger partial charge is 0.457 e. The van der Waals surface area contributed by atoms with Gasteiger partial charge in [0, 0.05) is 12.1 Å². The smallest absolute Gasteiger partial charge is 0.275 e. The summed E-state index contributed by atoms with van der Waals surface area (Å²) in [6.45, 7) is 0. The molecule has 0 aliphatic rings. The molecular formula is C13H9FN2O4. The van der Waals surface area contributed by atoms with E-state index in [0.29, 0.717) is 12.2 Å². The SMILES string of the molecule is O=CNc1cc(Oc2ccc(F)cc2)cc([N+](=O)[O-])c1. The van der Waals surface area contributed by atoms with E-state index in [9.17, 15) is 19.3 Å². The predicted octanol–water partition coefficient (Wildman–Crippen LogP) is 3.09. The van der Waals surface area contributed by atoms with Crippen LogP contribution in [-0.4, -0.2) is 11.3 Å². The Kier molecular flexibility index (Phi) is 3.90. The van der Waals surface area contributed by atoms with Crippen LogP contribution in [0.5, 0.6) is 11.5 Å². The second kappa shape index (κ2) is 5.79. The molecule has 102 valence electrons. The number of carbonyl (C=O) groups excluding carboxylic acids is 1. The van der Waals surface area contributed by atoms with Crippen LogP contribution in [0.2, 0.25) is 0 Å². The molecule has 20 heavy (non-hydrogen) atoms. The molecule has 0 radical (unpaired) electrons. The highest BCUT2D eigenvalue weighted by molar-refractivity contribution is 5.73. The first-order valence-electron chi connectivity index (χ1n) is 5.51. The van der Waals surface area contributed by atoms with Crippen molar-refractivity contribution in [1.29, 1.82) is 0 Å². The zero-order valence-corrected chi connectivity index (χ0v) is 10.1. The standard InChI is InChI=1S/C13H9FN2O4/c14-9-1-3-12(4-2-9)20-13-6-10(15-8-17)5-11(7-13)16(18)19/h1-8H,(H,15,17). The highest BCUT2D eigenvalue weighted by atomic mass is 19.1. The molecule has 0 unspecified atom stereocenters. The number of ether oxygens (including phenoxy) is 1. The van der Waals surface area contributed by atoms with Crippen LogP contribution in [0.15, 0.2) is 42.5 Å². The van der Waals surface area contributed by atoms with E-state index in [1.54, 1.807) is 0 Å². The number of halogens is 1. The number of hydrogen-bond acceptors (Lipinski definition) is 4. The second-order valence-corrected chi connectivity index (χ2v) is 3.79. The Morgan fingerprint density at radius 2 is 1.85 bits per heavy atom. The van der Waals surface area contributed by atoms with Gasteiger partial charge in [0.1, 0.15) is 17.3 Å². The zero-order chi connectivity index (χ0) is 14.5. The van der Waals surface area contributed by atoms with Gasteiger partial charge in [-0.25, -0.2) is 4.39 Å². The van der Waals surface area contributed by atoms with Crippen LogP contribution in [0, 0.1) is 15.9 Å². The third-order valence-corrected chi connectivity index (χ3v) is 2.38. The minimum Gasteiger partial charge on any atom is -0.457 e. The van der Waals surface area contributed by atoms with E-state index in [-0.39, 0.29) is 17.1 Å². The summed E-state index contributed by atoms with van der Waals surface area (Å²) in [5.41, 5.74) is 0.000253. The Morgan fingerprint density at radius 3 is 2.45 bits per heavy atom. The summed E-state index contributed by atoms with van der Waals surface area (Å²) in [6, 6.07) is 9.02. The maximum atomic E-state index is 12.8. The van der Waals surface area contributed by atoms with Crippen molar-refractivity contribution in [3.05, 3.63) is 58.4 Å². The monoisotopic (exact) mass is 276 g/mol. The quantitative estimate of drug-likeness (QED) is 0.517. The van der Waals surface area contributed by atoms with Crippen molar-refractivity contribution in [3.63, 3.8) is 0 Å². The minimum absolute atomic E-state index is 0.162. The van der Waals surface area contributed by atoms with Crippen LogP contribution < -0.4 is 10.1 Å². The molecular weight excluding hydrogens is 267 g/mol. The molecule has 6 nitrogen and oxygen atoms in total. The van der Waals surface area contributed by atoms with E-state index in [1.165, 1.54) is 42.5 Å². The summed E-state index contributed by atoms with van der Waals surface area (Å²) >= 11 is 0. The van der Waals surface area contributed by atoms with Gasteiger partial charge in [0.05, 0.1) is 16.7 Å². The van der Waals surface area contributed by atoms with Gasteiger partial charge in [0.15, 0.2) is 0 Å². The normalized spacial score (nSPS) is 9.85. The molecule has 0 aromatic heterocycles. The molecule has 0 atom stereocenters. The fourth-order valence-electron chi connectivity index (χ4n) is 1.54. The van der Waals surface area contributed by atoms with Crippen LogP contribution in [0.3, 0.4) is 0 Å². The summed E-state index contributed by atoms with van der Waals surface area (Å²) in [6.07, 6.45) is 0.404. The van der Waals surface area contributed by atoms with E-state index in [0.717, 1.165) is 0 Å². The number of non-ortho nitro benzene ring substituents is 1. The van der Waals surface area contributed by atoms with E-state index in [4.69, 9.17) is 4.74 Å². The molecule has 0 heterocycles. The van der Waals surface area contributed by atoms with Crippen LogP contribution in [0.1, 0.15) is 0 Å². The Labute approximate surface area is 112 Å². The number of nitro benzene ring substituents is 1. The number of amides is 1. The average Bonchev–Trinajstić information content (AvgIpc) is 2.41. The summed E-state index contributed by atoms with van der Waals surface area (Å²) in [7, 11) is 0. The van der Waals surface area contributed by atoms with E-state index in [1.807, 2.05) is 0 Å².